The quantitative estimate of drug-likeness (QED) is 0.889. The van der Waals surface area contributed by atoms with Gasteiger partial charge in [-0.15, -0.1) is 0 Å². The summed E-state index contributed by atoms with van der Waals surface area (Å²) in [6.45, 7) is 0.969. The number of hydrogen-bond acceptors (Lipinski definition) is 5. The van der Waals surface area contributed by atoms with Crippen molar-refractivity contribution in [2.75, 3.05) is 31.2 Å². The molecule has 1 aromatic heterocycles. The summed E-state index contributed by atoms with van der Waals surface area (Å²) in [6.07, 6.45) is -3.14. The molecule has 2 atom stereocenters. The molecule has 0 bridgehead atoms. The molecule has 6 nitrogen and oxygen atoms in total. The number of aromatic nitrogens is 2. The minimum Gasteiger partial charge on any atom is -0.481 e. The molecule has 9 heteroatoms. The van der Waals surface area contributed by atoms with Crippen LogP contribution in [0.4, 0.5) is 19.0 Å². The number of alkyl halides is 3. The molecule has 0 radical (unpaired) electrons. The molecule has 0 aromatic carbocycles. The Hall–Kier alpha value is -1.90. The Balaban J connectivity index is 1.90. The van der Waals surface area contributed by atoms with E-state index < -0.39 is 23.3 Å². The molecule has 22 heavy (non-hydrogen) atoms. The van der Waals surface area contributed by atoms with Crippen LogP contribution in [0.15, 0.2) is 12.4 Å². The van der Waals surface area contributed by atoms with Crippen molar-refractivity contribution >= 4 is 11.8 Å². The van der Waals surface area contributed by atoms with Crippen LogP contribution in [-0.4, -0.2) is 47.3 Å². The lowest BCUT2D eigenvalue weighted by molar-refractivity contribution is -0.159. The first kappa shape index (κ1) is 15.0. The lowest BCUT2D eigenvalue weighted by atomic mass is 9.76. The van der Waals surface area contributed by atoms with E-state index in [0.717, 1.165) is 12.4 Å². The molecule has 0 saturated carbocycles. The highest BCUT2D eigenvalue weighted by Crippen LogP contribution is 2.43. The smallest absolute Gasteiger partial charge is 0.433 e. The summed E-state index contributed by atoms with van der Waals surface area (Å²) in [5.74, 6) is -1.05. The third-order valence-corrected chi connectivity index (χ3v) is 4.36. The molecule has 0 amide bonds. The second-order valence-electron chi connectivity index (χ2n) is 5.64. The van der Waals surface area contributed by atoms with Crippen molar-refractivity contribution in [3.05, 3.63) is 18.1 Å². The monoisotopic (exact) mass is 317 g/mol. The van der Waals surface area contributed by atoms with E-state index in [9.17, 15) is 23.1 Å². The van der Waals surface area contributed by atoms with Gasteiger partial charge in [0.25, 0.3) is 0 Å². The molecule has 3 heterocycles. The largest absolute Gasteiger partial charge is 0.481 e. The van der Waals surface area contributed by atoms with Gasteiger partial charge in [0.1, 0.15) is 23.3 Å². The predicted molar refractivity (Wildman–Crippen MR) is 68.2 cm³/mol. The van der Waals surface area contributed by atoms with Gasteiger partial charge in [0.05, 0.1) is 6.61 Å². The summed E-state index contributed by atoms with van der Waals surface area (Å²) < 4.78 is 43.5. The number of aliphatic carboxylic acids is 1. The van der Waals surface area contributed by atoms with Crippen LogP contribution in [0.25, 0.3) is 0 Å². The number of halogens is 3. The Morgan fingerprint density at radius 3 is 2.86 bits per heavy atom. The SMILES string of the molecule is O=C(O)[C@]12COCC[C@H]1CN(c1cc(C(F)(F)F)ncn1)C2. The molecular formula is C13H14F3N3O3. The van der Waals surface area contributed by atoms with Gasteiger partial charge in [0, 0.05) is 25.8 Å². The zero-order valence-electron chi connectivity index (χ0n) is 11.5. The maximum absolute atomic E-state index is 12.7. The Bertz CT molecular complexity index is 595. The molecular weight excluding hydrogens is 303 g/mol. The van der Waals surface area contributed by atoms with Gasteiger partial charge in [-0.2, -0.15) is 13.2 Å². The van der Waals surface area contributed by atoms with E-state index in [0.29, 0.717) is 19.6 Å². The van der Waals surface area contributed by atoms with Crippen LogP contribution >= 0.6 is 0 Å². The van der Waals surface area contributed by atoms with Gasteiger partial charge in [0.2, 0.25) is 0 Å². The standard InChI is InChI=1S/C13H14F3N3O3/c14-13(15,16)9-3-10(18-7-17-9)19-4-8-1-2-22-6-12(8,5-19)11(20)21/h3,7-8H,1-2,4-6H2,(H,20,21)/t8-,12+/m0/s1. The molecule has 0 unspecified atom stereocenters. The van der Waals surface area contributed by atoms with E-state index in [-0.39, 0.29) is 24.9 Å². The maximum atomic E-state index is 12.7. The van der Waals surface area contributed by atoms with E-state index >= 15 is 0 Å². The second-order valence-corrected chi connectivity index (χ2v) is 5.64. The topological polar surface area (TPSA) is 75.6 Å². The van der Waals surface area contributed by atoms with Crippen LogP contribution in [0, 0.1) is 11.3 Å². The van der Waals surface area contributed by atoms with Gasteiger partial charge < -0.3 is 14.7 Å². The number of fused-ring (bicyclic) bond motifs is 1. The zero-order valence-corrected chi connectivity index (χ0v) is 11.5. The molecule has 2 aliphatic heterocycles. The molecule has 2 saturated heterocycles. The lowest BCUT2D eigenvalue weighted by Gasteiger charge is -2.33. The minimum absolute atomic E-state index is 0.0702. The summed E-state index contributed by atoms with van der Waals surface area (Å²) in [4.78, 5) is 20.3. The van der Waals surface area contributed by atoms with Gasteiger partial charge >= 0.3 is 12.1 Å². The van der Waals surface area contributed by atoms with E-state index in [4.69, 9.17) is 4.74 Å². The van der Waals surface area contributed by atoms with Crippen molar-refractivity contribution in [2.24, 2.45) is 11.3 Å². The van der Waals surface area contributed by atoms with Crippen molar-refractivity contribution < 1.29 is 27.8 Å². The summed E-state index contributed by atoms with van der Waals surface area (Å²) >= 11 is 0. The molecule has 2 fully saturated rings. The van der Waals surface area contributed by atoms with Gasteiger partial charge in [-0.25, -0.2) is 9.97 Å². The zero-order chi connectivity index (χ0) is 16.0. The Morgan fingerprint density at radius 1 is 1.45 bits per heavy atom. The average Bonchev–Trinajstić information content (AvgIpc) is 2.87. The molecule has 0 spiro atoms. The fourth-order valence-corrected chi connectivity index (χ4v) is 3.14. The first-order chi connectivity index (χ1) is 10.3. The van der Waals surface area contributed by atoms with Gasteiger partial charge in [0.15, 0.2) is 0 Å². The van der Waals surface area contributed by atoms with Gasteiger partial charge in [-0.1, -0.05) is 0 Å². The van der Waals surface area contributed by atoms with Crippen LogP contribution in [-0.2, 0) is 15.7 Å². The third kappa shape index (κ3) is 2.39. The first-order valence-electron chi connectivity index (χ1n) is 6.78. The van der Waals surface area contributed by atoms with Crippen molar-refractivity contribution in [3.63, 3.8) is 0 Å². The fourth-order valence-electron chi connectivity index (χ4n) is 3.14. The summed E-state index contributed by atoms with van der Waals surface area (Å²) in [7, 11) is 0. The number of rotatable bonds is 2. The number of nitrogens with zero attached hydrogens (tertiary/aromatic N) is 3. The molecule has 2 aliphatic rings. The highest BCUT2D eigenvalue weighted by atomic mass is 19.4. The van der Waals surface area contributed by atoms with Gasteiger partial charge in [-0.3, -0.25) is 4.79 Å². The highest BCUT2D eigenvalue weighted by Gasteiger charge is 2.54. The number of ether oxygens (including phenoxy) is 1. The molecule has 120 valence electrons. The van der Waals surface area contributed by atoms with Crippen LogP contribution in [0.2, 0.25) is 0 Å². The molecule has 0 aliphatic carbocycles. The summed E-state index contributed by atoms with van der Waals surface area (Å²) in [5, 5.41) is 9.53. The van der Waals surface area contributed by atoms with Crippen LogP contribution in [0.3, 0.4) is 0 Å². The summed E-state index contributed by atoms with van der Waals surface area (Å²) in [5.41, 5.74) is -2.12. The van der Waals surface area contributed by atoms with Crippen molar-refractivity contribution in [1.82, 2.24) is 9.97 Å². The number of anilines is 1. The highest BCUT2D eigenvalue weighted by molar-refractivity contribution is 5.77. The normalized spacial score (nSPS) is 28.5. The average molecular weight is 317 g/mol. The Morgan fingerprint density at radius 2 is 2.23 bits per heavy atom. The van der Waals surface area contributed by atoms with E-state index in [2.05, 4.69) is 9.97 Å². The van der Waals surface area contributed by atoms with E-state index in [1.807, 2.05) is 0 Å². The molecule has 1 N–H and O–H groups in total. The fraction of sp³-hybridized carbons (Fsp3) is 0.615. The maximum Gasteiger partial charge on any atom is 0.433 e. The number of carboxylic acid groups (broad SMARTS) is 1. The number of carboxylic acids is 1. The Kier molecular flexibility index (Phi) is 3.47. The number of carbonyl (C=O) groups is 1. The van der Waals surface area contributed by atoms with Crippen LogP contribution < -0.4 is 4.90 Å². The van der Waals surface area contributed by atoms with Gasteiger partial charge in [-0.05, 0) is 12.3 Å². The third-order valence-electron chi connectivity index (χ3n) is 4.36. The molecule has 1 aromatic rings. The van der Waals surface area contributed by atoms with Crippen molar-refractivity contribution in [1.29, 1.82) is 0 Å². The minimum atomic E-state index is -4.56. The van der Waals surface area contributed by atoms with Crippen molar-refractivity contribution in [3.8, 4) is 0 Å². The predicted octanol–water partition coefficient (Wildman–Crippen LogP) is 1.42. The van der Waals surface area contributed by atoms with E-state index in [1.54, 1.807) is 4.90 Å². The summed E-state index contributed by atoms with van der Waals surface area (Å²) in [6, 6.07) is 0.855. The lowest BCUT2D eigenvalue weighted by Crippen LogP contribution is -2.46. The van der Waals surface area contributed by atoms with E-state index in [1.165, 1.54) is 0 Å². The number of hydrogen-bond donors (Lipinski definition) is 1. The first-order valence-corrected chi connectivity index (χ1v) is 6.78. The molecule has 3 rings (SSSR count). The Labute approximate surface area is 123 Å². The van der Waals surface area contributed by atoms with Crippen LogP contribution in [0.5, 0.6) is 0 Å². The van der Waals surface area contributed by atoms with Crippen molar-refractivity contribution in [2.45, 2.75) is 12.6 Å². The van der Waals surface area contributed by atoms with Crippen LogP contribution in [0.1, 0.15) is 12.1 Å². The second kappa shape index (κ2) is 5.08.